The molecular formula is C28H22FN5O2. The third-order valence-electron chi connectivity index (χ3n) is 5.33. The normalized spacial score (nSPS) is 10.9. The van der Waals surface area contributed by atoms with Gasteiger partial charge in [-0.15, -0.1) is 0 Å². The van der Waals surface area contributed by atoms with Crippen molar-refractivity contribution in [2.24, 2.45) is 0 Å². The summed E-state index contributed by atoms with van der Waals surface area (Å²) in [7, 11) is 0. The number of ether oxygens (including phenoxy) is 2. The van der Waals surface area contributed by atoms with E-state index >= 15 is 0 Å². The number of hydrogen-bond acceptors (Lipinski definition) is 6. The predicted molar refractivity (Wildman–Crippen MR) is 135 cm³/mol. The first-order valence-electron chi connectivity index (χ1n) is 11.1. The fourth-order valence-electron chi connectivity index (χ4n) is 3.59. The number of benzene rings is 3. The van der Waals surface area contributed by atoms with Gasteiger partial charge in [-0.25, -0.2) is 9.07 Å². The zero-order chi connectivity index (χ0) is 25.5. The second kappa shape index (κ2) is 10.9. The minimum atomic E-state index is -0.351. The molecule has 178 valence electrons. The van der Waals surface area contributed by atoms with Crippen LogP contribution in [0.25, 0.3) is 17.3 Å². The van der Waals surface area contributed by atoms with E-state index in [4.69, 9.17) is 15.2 Å². The molecule has 0 atom stereocenters. The molecule has 0 saturated heterocycles. The molecule has 2 N–H and O–H groups in total. The van der Waals surface area contributed by atoms with Crippen LogP contribution in [0.15, 0.2) is 72.8 Å². The number of aromatic nitrogens is 2. The van der Waals surface area contributed by atoms with Crippen LogP contribution in [0.5, 0.6) is 11.5 Å². The quantitative estimate of drug-likeness (QED) is 0.334. The van der Waals surface area contributed by atoms with Gasteiger partial charge in [0.25, 0.3) is 0 Å². The number of para-hydroxylation sites is 1. The van der Waals surface area contributed by atoms with Crippen molar-refractivity contribution in [3.05, 3.63) is 101 Å². The molecule has 0 saturated carbocycles. The van der Waals surface area contributed by atoms with Gasteiger partial charge in [-0.3, -0.25) is 0 Å². The fourth-order valence-corrected chi connectivity index (χ4v) is 3.59. The Bertz CT molecular complexity index is 1500. The summed E-state index contributed by atoms with van der Waals surface area (Å²) in [5, 5.41) is 24.0. The predicted octanol–water partition coefficient (Wildman–Crippen LogP) is 5.51. The Kier molecular flexibility index (Phi) is 7.28. The molecule has 0 spiro atoms. The fraction of sp³-hybridized carbons (Fsp3) is 0.107. The lowest BCUT2D eigenvalue weighted by Gasteiger charge is -2.13. The van der Waals surface area contributed by atoms with Gasteiger partial charge in [-0.05, 0) is 48.9 Å². The van der Waals surface area contributed by atoms with E-state index in [0.29, 0.717) is 34.9 Å². The van der Waals surface area contributed by atoms with Crippen LogP contribution >= 0.6 is 0 Å². The summed E-state index contributed by atoms with van der Waals surface area (Å²) >= 11 is 0. The summed E-state index contributed by atoms with van der Waals surface area (Å²) in [5.74, 6) is 0.670. The van der Waals surface area contributed by atoms with Crippen LogP contribution in [-0.4, -0.2) is 16.4 Å². The van der Waals surface area contributed by atoms with Crippen molar-refractivity contribution in [3.8, 4) is 29.3 Å². The highest BCUT2D eigenvalue weighted by Crippen LogP contribution is 2.32. The van der Waals surface area contributed by atoms with E-state index in [1.807, 2.05) is 25.1 Å². The smallest absolute Gasteiger partial charge is 0.161 e. The van der Waals surface area contributed by atoms with Crippen molar-refractivity contribution in [3.63, 3.8) is 0 Å². The number of anilines is 1. The number of halogens is 1. The summed E-state index contributed by atoms with van der Waals surface area (Å²) in [5.41, 5.74) is 8.36. The Morgan fingerprint density at radius 2 is 1.78 bits per heavy atom. The topological polar surface area (TPSA) is 110 Å². The minimum Gasteiger partial charge on any atom is -0.490 e. The summed E-state index contributed by atoms with van der Waals surface area (Å²) in [4.78, 5) is 0. The third kappa shape index (κ3) is 5.03. The molecule has 36 heavy (non-hydrogen) atoms. The molecule has 7 nitrogen and oxygen atoms in total. The maximum absolute atomic E-state index is 14.0. The second-order valence-electron chi connectivity index (χ2n) is 7.66. The summed E-state index contributed by atoms with van der Waals surface area (Å²) in [6, 6.07) is 24.8. The van der Waals surface area contributed by atoms with E-state index in [1.54, 1.807) is 54.6 Å². The van der Waals surface area contributed by atoms with E-state index in [9.17, 15) is 14.9 Å². The van der Waals surface area contributed by atoms with E-state index in [-0.39, 0.29) is 35.1 Å². The van der Waals surface area contributed by atoms with Crippen LogP contribution < -0.4 is 15.2 Å². The molecule has 1 aromatic heterocycles. The zero-order valence-electron chi connectivity index (χ0n) is 19.5. The molecule has 0 fully saturated rings. The Morgan fingerprint density at radius 1 is 1.03 bits per heavy atom. The van der Waals surface area contributed by atoms with Crippen molar-refractivity contribution >= 4 is 17.5 Å². The van der Waals surface area contributed by atoms with Gasteiger partial charge in [0.2, 0.25) is 0 Å². The maximum atomic E-state index is 14.0. The molecule has 8 heteroatoms. The first kappa shape index (κ1) is 24.1. The van der Waals surface area contributed by atoms with Crippen LogP contribution in [-0.2, 0) is 6.61 Å². The summed E-state index contributed by atoms with van der Waals surface area (Å²) < 4.78 is 26.9. The van der Waals surface area contributed by atoms with Crippen LogP contribution in [0.2, 0.25) is 0 Å². The van der Waals surface area contributed by atoms with Gasteiger partial charge in [0, 0.05) is 5.56 Å². The number of hydrogen-bond donors (Lipinski definition) is 1. The van der Waals surface area contributed by atoms with E-state index in [2.05, 4.69) is 17.2 Å². The molecule has 0 aliphatic rings. The Morgan fingerprint density at radius 3 is 2.47 bits per heavy atom. The summed E-state index contributed by atoms with van der Waals surface area (Å²) in [6.07, 6.45) is 1.60. The maximum Gasteiger partial charge on any atom is 0.161 e. The van der Waals surface area contributed by atoms with Gasteiger partial charge in [0.15, 0.2) is 11.5 Å². The van der Waals surface area contributed by atoms with Gasteiger partial charge in [0.05, 0.1) is 17.9 Å². The van der Waals surface area contributed by atoms with E-state index in [0.717, 1.165) is 0 Å². The lowest BCUT2D eigenvalue weighted by molar-refractivity contribution is 0.266. The lowest BCUT2D eigenvalue weighted by Crippen LogP contribution is -2.02. The number of nitrogen functional groups attached to an aromatic ring is 1. The van der Waals surface area contributed by atoms with Crippen molar-refractivity contribution < 1.29 is 13.9 Å². The molecule has 0 radical (unpaired) electrons. The largest absolute Gasteiger partial charge is 0.490 e. The van der Waals surface area contributed by atoms with Gasteiger partial charge in [-0.2, -0.15) is 15.6 Å². The molecule has 4 rings (SSSR count). The number of rotatable bonds is 8. The molecule has 0 aliphatic carbocycles. The average Bonchev–Trinajstić information content (AvgIpc) is 3.24. The van der Waals surface area contributed by atoms with Gasteiger partial charge in [0.1, 0.15) is 41.6 Å². The molecule has 0 amide bonds. The molecule has 1 heterocycles. The lowest BCUT2D eigenvalue weighted by atomic mass is 10.1. The Labute approximate surface area is 208 Å². The number of allylic oxidation sites excluding steroid dienone is 1. The van der Waals surface area contributed by atoms with Crippen LogP contribution in [0.3, 0.4) is 0 Å². The van der Waals surface area contributed by atoms with Crippen LogP contribution in [0.1, 0.15) is 29.3 Å². The minimum absolute atomic E-state index is 0.0348. The Balaban J connectivity index is 1.68. The van der Waals surface area contributed by atoms with Crippen LogP contribution in [0.4, 0.5) is 10.2 Å². The third-order valence-corrected chi connectivity index (χ3v) is 5.33. The zero-order valence-corrected chi connectivity index (χ0v) is 19.5. The number of nitriles is 2. The highest BCUT2D eigenvalue weighted by atomic mass is 19.1. The second-order valence-corrected chi connectivity index (χ2v) is 7.66. The average molecular weight is 480 g/mol. The highest BCUT2D eigenvalue weighted by molar-refractivity contribution is 5.91. The molecule has 0 aliphatic heterocycles. The standard InChI is InChI=1S/C28H22FN5O2/c1-2-35-26-15-19(12-13-25(26)36-18-20-8-6-7-11-24(20)29)14-21(16-30)27-23(17-31)28(32)34(33-27)22-9-4-3-5-10-22/h3-15H,2,18,32H2,1H3/b21-14+. The van der Waals surface area contributed by atoms with Crippen molar-refractivity contribution in [1.29, 1.82) is 10.5 Å². The van der Waals surface area contributed by atoms with E-state index < -0.39 is 0 Å². The molecule has 3 aromatic carbocycles. The SMILES string of the molecule is CCOc1cc(/C=C(\C#N)c2nn(-c3ccccc3)c(N)c2C#N)ccc1OCc1ccccc1F. The van der Waals surface area contributed by atoms with Gasteiger partial charge < -0.3 is 15.2 Å². The highest BCUT2D eigenvalue weighted by Gasteiger charge is 2.20. The van der Waals surface area contributed by atoms with Crippen LogP contribution in [0, 0.1) is 28.5 Å². The molecule has 0 unspecified atom stereocenters. The molecular weight excluding hydrogens is 457 g/mol. The molecule has 0 bridgehead atoms. The first-order chi connectivity index (χ1) is 17.5. The van der Waals surface area contributed by atoms with Gasteiger partial charge >= 0.3 is 0 Å². The van der Waals surface area contributed by atoms with E-state index in [1.165, 1.54) is 10.7 Å². The first-order valence-corrected chi connectivity index (χ1v) is 11.1. The van der Waals surface area contributed by atoms with Crippen molar-refractivity contribution in [1.82, 2.24) is 9.78 Å². The van der Waals surface area contributed by atoms with Crippen molar-refractivity contribution in [2.75, 3.05) is 12.3 Å². The monoisotopic (exact) mass is 479 g/mol. The van der Waals surface area contributed by atoms with Gasteiger partial charge in [-0.1, -0.05) is 42.5 Å². The number of nitrogens with two attached hydrogens (primary N) is 1. The van der Waals surface area contributed by atoms with Crippen molar-refractivity contribution in [2.45, 2.75) is 13.5 Å². The Hall–Kier alpha value is -5.08. The molecule has 4 aromatic rings. The summed E-state index contributed by atoms with van der Waals surface area (Å²) in [6.45, 7) is 2.25. The number of nitrogens with zero attached hydrogens (tertiary/aromatic N) is 4.